The van der Waals surface area contributed by atoms with Crippen molar-refractivity contribution in [2.24, 2.45) is 0 Å². The molecule has 0 aliphatic rings. The number of rotatable bonds is 8. The summed E-state index contributed by atoms with van der Waals surface area (Å²) in [6, 6.07) is 0. The Bertz CT molecular complexity index is 376. The molecule has 0 unspecified atom stereocenters. The van der Waals surface area contributed by atoms with E-state index in [4.69, 9.17) is 5.11 Å². The third-order valence-corrected chi connectivity index (χ3v) is 3.37. The Morgan fingerprint density at radius 3 is 2.88 bits per heavy atom. The van der Waals surface area contributed by atoms with Crippen molar-refractivity contribution >= 4 is 10.0 Å². The fourth-order valence-electron chi connectivity index (χ4n) is 1.10. The lowest BCUT2D eigenvalue weighted by atomic mass is 10.4. The molecule has 8 heteroatoms. The highest BCUT2D eigenvalue weighted by Crippen LogP contribution is 1.95. The predicted molar refractivity (Wildman–Crippen MR) is 56.1 cm³/mol. The van der Waals surface area contributed by atoms with Gasteiger partial charge < -0.3 is 9.63 Å². The van der Waals surface area contributed by atoms with Gasteiger partial charge in [0.15, 0.2) is 5.82 Å². The standard InChI is InChI=1S/C8H15N3O4S/c12-5-1-2-6-16(13,14)10-4-3-8-9-7-15-11-8/h7,10,12H,1-6H2. The summed E-state index contributed by atoms with van der Waals surface area (Å²) in [5.41, 5.74) is 0. The maximum atomic E-state index is 11.4. The Kier molecular flexibility index (Phi) is 5.36. The highest BCUT2D eigenvalue weighted by atomic mass is 32.2. The van der Waals surface area contributed by atoms with E-state index in [0.29, 0.717) is 25.1 Å². The monoisotopic (exact) mass is 249 g/mol. The maximum absolute atomic E-state index is 11.4. The Labute approximate surface area is 93.9 Å². The Morgan fingerprint density at radius 1 is 1.44 bits per heavy atom. The number of nitrogens with one attached hydrogen (secondary N) is 1. The first-order chi connectivity index (χ1) is 7.64. The molecule has 0 bridgehead atoms. The lowest BCUT2D eigenvalue weighted by Gasteiger charge is -2.04. The van der Waals surface area contributed by atoms with Crippen LogP contribution in [0, 0.1) is 0 Å². The number of nitrogens with zero attached hydrogens (tertiary/aromatic N) is 2. The molecule has 16 heavy (non-hydrogen) atoms. The van der Waals surface area contributed by atoms with E-state index < -0.39 is 10.0 Å². The molecule has 2 N–H and O–H groups in total. The zero-order valence-corrected chi connectivity index (χ0v) is 9.61. The number of aromatic nitrogens is 2. The molecule has 92 valence electrons. The quantitative estimate of drug-likeness (QED) is 0.590. The third kappa shape index (κ3) is 5.19. The molecule has 0 amide bonds. The average molecular weight is 249 g/mol. The van der Waals surface area contributed by atoms with Gasteiger partial charge in [0.25, 0.3) is 0 Å². The van der Waals surface area contributed by atoms with Crippen molar-refractivity contribution in [1.82, 2.24) is 14.9 Å². The third-order valence-electron chi connectivity index (χ3n) is 1.90. The Hall–Kier alpha value is -0.990. The summed E-state index contributed by atoms with van der Waals surface area (Å²) in [5, 5.41) is 12.1. The second kappa shape index (κ2) is 6.56. The molecule has 0 radical (unpaired) electrons. The number of unbranched alkanes of at least 4 members (excludes halogenated alkanes) is 1. The minimum absolute atomic E-state index is 0.0123. The fourth-order valence-corrected chi connectivity index (χ4v) is 2.24. The molecule has 1 aromatic rings. The highest BCUT2D eigenvalue weighted by Gasteiger charge is 2.09. The lowest BCUT2D eigenvalue weighted by molar-refractivity contribution is 0.287. The van der Waals surface area contributed by atoms with E-state index in [2.05, 4.69) is 19.4 Å². The number of aliphatic hydroxyl groups excluding tert-OH is 1. The van der Waals surface area contributed by atoms with Gasteiger partial charge in [0, 0.05) is 19.6 Å². The smallest absolute Gasteiger partial charge is 0.213 e. The molecule has 0 aromatic carbocycles. The molecule has 0 aliphatic heterocycles. The van der Waals surface area contributed by atoms with Crippen molar-refractivity contribution in [3.8, 4) is 0 Å². The zero-order valence-electron chi connectivity index (χ0n) is 8.79. The van der Waals surface area contributed by atoms with Crippen molar-refractivity contribution < 1.29 is 18.0 Å². The van der Waals surface area contributed by atoms with Crippen LogP contribution in [0.1, 0.15) is 18.7 Å². The molecule has 0 fully saturated rings. The molecule has 7 nitrogen and oxygen atoms in total. The molecule has 0 spiro atoms. The minimum atomic E-state index is -3.25. The molecule has 1 aromatic heterocycles. The second-order valence-corrected chi connectivity index (χ2v) is 5.17. The SMILES string of the molecule is O=S(=O)(CCCCO)NCCc1ncon1. The van der Waals surface area contributed by atoms with Gasteiger partial charge in [-0.1, -0.05) is 5.16 Å². The molecular formula is C8H15N3O4S. The van der Waals surface area contributed by atoms with Gasteiger partial charge in [0.1, 0.15) is 0 Å². The number of hydrogen-bond donors (Lipinski definition) is 2. The van der Waals surface area contributed by atoms with Crippen molar-refractivity contribution in [2.45, 2.75) is 19.3 Å². The first-order valence-electron chi connectivity index (χ1n) is 4.97. The summed E-state index contributed by atoms with van der Waals surface area (Å²) in [5.74, 6) is 0.498. The van der Waals surface area contributed by atoms with Gasteiger partial charge in [0.2, 0.25) is 16.4 Å². The molecule has 0 atom stereocenters. The van der Waals surface area contributed by atoms with E-state index in [1.54, 1.807) is 0 Å². The van der Waals surface area contributed by atoms with Gasteiger partial charge >= 0.3 is 0 Å². The lowest BCUT2D eigenvalue weighted by Crippen LogP contribution is -2.28. The molecule has 0 saturated heterocycles. The van der Waals surface area contributed by atoms with Crippen molar-refractivity contribution in [1.29, 1.82) is 0 Å². The molecular weight excluding hydrogens is 234 g/mol. The van der Waals surface area contributed by atoms with Gasteiger partial charge in [-0.05, 0) is 12.8 Å². The van der Waals surface area contributed by atoms with Crippen LogP contribution in [0.3, 0.4) is 0 Å². The number of sulfonamides is 1. The van der Waals surface area contributed by atoms with E-state index in [9.17, 15) is 8.42 Å². The van der Waals surface area contributed by atoms with Crippen LogP contribution >= 0.6 is 0 Å². The van der Waals surface area contributed by atoms with Crippen LogP contribution in [0.5, 0.6) is 0 Å². The summed E-state index contributed by atoms with van der Waals surface area (Å²) in [6.07, 6.45) is 2.54. The van der Waals surface area contributed by atoms with Gasteiger partial charge in [0.05, 0.1) is 5.75 Å². The summed E-state index contributed by atoms with van der Waals surface area (Å²) in [6.45, 7) is 0.263. The fraction of sp³-hybridized carbons (Fsp3) is 0.750. The summed E-state index contributed by atoms with van der Waals surface area (Å²) in [7, 11) is -3.25. The van der Waals surface area contributed by atoms with Crippen molar-refractivity contribution in [2.75, 3.05) is 18.9 Å². The summed E-state index contributed by atoms with van der Waals surface area (Å²) in [4.78, 5) is 3.77. The van der Waals surface area contributed by atoms with Gasteiger partial charge in [-0.25, -0.2) is 13.1 Å². The Balaban J connectivity index is 2.20. The molecule has 0 aliphatic carbocycles. The van der Waals surface area contributed by atoms with Crippen LogP contribution < -0.4 is 4.72 Å². The topological polar surface area (TPSA) is 105 Å². The molecule has 1 rings (SSSR count). The average Bonchev–Trinajstić information content (AvgIpc) is 2.70. The van der Waals surface area contributed by atoms with E-state index in [1.807, 2.05) is 0 Å². The van der Waals surface area contributed by atoms with E-state index in [-0.39, 0.29) is 18.9 Å². The van der Waals surface area contributed by atoms with Crippen molar-refractivity contribution in [3.63, 3.8) is 0 Å². The second-order valence-electron chi connectivity index (χ2n) is 3.24. The van der Waals surface area contributed by atoms with Crippen LogP contribution in [0.2, 0.25) is 0 Å². The molecule has 1 heterocycles. The summed E-state index contributed by atoms with van der Waals surface area (Å²) < 4.78 is 29.7. The maximum Gasteiger partial charge on any atom is 0.213 e. The van der Waals surface area contributed by atoms with Gasteiger partial charge in [-0.3, -0.25) is 0 Å². The van der Waals surface area contributed by atoms with Crippen LogP contribution in [0.15, 0.2) is 10.9 Å². The van der Waals surface area contributed by atoms with E-state index in [1.165, 1.54) is 6.39 Å². The van der Waals surface area contributed by atoms with Crippen LogP contribution in [-0.4, -0.2) is 42.6 Å². The van der Waals surface area contributed by atoms with Crippen LogP contribution in [0.25, 0.3) is 0 Å². The minimum Gasteiger partial charge on any atom is -0.396 e. The first kappa shape index (κ1) is 13.1. The van der Waals surface area contributed by atoms with E-state index in [0.717, 1.165) is 0 Å². The van der Waals surface area contributed by atoms with Crippen molar-refractivity contribution in [3.05, 3.63) is 12.2 Å². The molecule has 0 saturated carbocycles. The first-order valence-corrected chi connectivity index (χ1v) is 6.63. The zero-order chi connectivity index (χ0) is 11.9. The van der Waals surface area contributed by atoms with Crippen LogP contribution in [-0.2, 0) is 16.4 Å². The van der Waals surface area contributed by atoms with E-state index >= 15 is 0 Å². The highest BCUT2D eigenvalue weighted by molar-refractivity contribution is 7.89. The van der Waals surface area contributed by atoms with Crippen LogP contribution in [0.4, 0.5) is 0 Å². The number of aliphatic hydroxyl groups is 1. The summed E-state index contributed by atoms with van der Waals surface area (Å²) >= 11 is 0. The largest absolute Gasteiger partial charge is 0.396 e. The van der Waals surface area contributed by atoms with Gasteiger partial charge in [-0.15, -0.1) is 0 Å². The van der Waals surface area contributed by atoms with Gasteiger partial charge in [-0.2, -0.15) is 4.98 Å². The predicted octanol–water partition coefficient (Wildman–Crippen LogP) is -0.696. The normalized spacial score (nSPS) is 11.8. The Morgan fingerprint density at radius 2 is 2.25 bits per heavy atom. The number of hydrogen-bond acceptors (Lipinski definition) is 6.